The molecule has 12 heteroatoms. The molecule has 0 aromatic carbocycles. The van der Waals surface area contributed by atoms with E-state index in [2.05, 4.69) is 4.99 Å². The minimum atomic E-state index is -5.57. The Balaban J connectivity index is 3.96. The van der Waals surface area contributed by atoms with Gasteiger partial charge < -0.3 is 14.9 Å². The summed E-state index contributed by atoms with van der Waals surface area (Å²) in [6, 6.07) is 0. The maximum atomic E-state index is 13.2. The zero-order chi connectivity index (χ0) is 20.0. The number of carboxylic acids is 2. The first kappa shape index (κ1) is 20.9. The second-order valence-electron chi connectivity index (χ2n) is 5.60. The Hall–Kier alpha value is -2.11. The predicted octanol–water partition coefficient (Wildman–Crippen LogP) is 2.79. The van der Waals surface area contributed by atoms with Crippen molar-refractivity contribution in [2.24, 2.45) is 10.4 Å². The van der Waals surface area contributed by atoms with Crippen LogP contribution in [-0.4, -0.2) is 52.4 Å². The molecule has 0 aliphatic carbocycles. The summed E-state index contributed by atoms with van der Waals surface area (Å²) >= 11 is 0. The van der Waals surface area contributed by atoms with Gasteiger partial charge in [-0.15, -0.1) is 0 Å². The molecule has 0 aromatic heterocycles. The third kappa shape index (κ3) is 3.78. The van der Waals surface area contributed by atoms with E-state index in [1.165, 1.54) is 13.8 Å². The molecule has 0 saturated carbocycles. The zero-order valence-electron chi connectivity index (χ0n) is 13.0. The lowest BCUT2D eigenvalue weighted by Crippen LogP contribution is -2.57. The topological polar surface area (TPSA) is 96.2 Å². The van der Waals surface area contributed by atoms with Crippen LogP contribution in [0.3, 0.4) is 0 Å². The number of aliphatic imine (C=N–C) groups is 1. The summed E-state index contributed by atoms with van der Waals surface area (Å²) in [7, 11) is 0. The van der Waals surface area contributed by atoms with Crippen molar-refractivity contribution in [2.45, 2.75) is 45.3 Å². The number of allylic oxidation sites excluding steroid dienone is 1. The molecular formula is C13H13F6NO5. The molecule has 0 fully saturated rings. The Morgan fingerprint density at radius 2 is 1.60 bits per heavy atom. The molecule has 0 radical (unpaired) electrons. The lowest BCUT2D eigenvalue weighted by molar-refractivity contribution is -0.158. The SMILES string of the molecule is CC(C)OC1C(C(=O)O)=C(C(F)(F)F)N=C(C(F)(F)F)C1(C)C(=O)O. The number of carbonyl (C=O) groups is 2. The smallest absolute Gasteiger partial charge is 0.433 e. The van der Waals surface area contributed by atoms with Crippen molar-refractivity contribution >= 4 is 17.7 Å². The van der Waals surface area contributed by atoms with Gasteiger partial charge in [-0.25, -0.2) is 9.79 Å². The molecule has 142 valence electrons. The second-order valence-corrected chi connectivity index (χ2v) is 5.60. The predicted molar refractivity (Wildman–Crippen MR) is 70.0 cm³/mol. The fourth-order valence-electron chi connectivity index (χ4n) is 2.30. The number of ether oxygens (including phenoxy) is 1. The van der Waals surface area contributed by atoms with Gasteiger partial charge in [-0.3, -0.25) is 4.79 Å². The van der Waals surface area contributed by atoms with Crippen molar-refractivity contribution in [1.29, 1.82) is 0 Å². The molecule has 25 heavy (non-hydrogen) atoms. The normalized spacial score (nSPS) is 25.2. The Labute approximate surface area is 136 Å². The van der Waals surface area contributed by atoms with Crippen molar-refractivity contribution in [1.82, 2.24) is 0 Å². The number of rotatable bonds is 4. The second kappa shape index (κ2) is 6.32. The Bertz CT molecular complexity index is 648. The molecule has 2 N–H and O–H groups in total. The summed E-state index contributed by atoms with van der Waals surface area (Å²) in [5.41, 5.74) is -9.53. The molecule has 0 aromatic rings. The summed E-state index contributed by atoms with van der Waals surface area (Å²) < 4.78 is 83.8. The van der Waals surface area contributed by atoms with Crippen LogP contribution in [0.15, 0.2) is 16.3 Å². The van der Waals surface area contributed by atoms with E-state index in [0.29, 0.717) is 6.92 Å². The molecule has 1 rings (SSSR count). The quantitative estimate of drug-likeness (QED) is 0.735. The molecule has 0 saturated heterocycles. The van der Waals surface area contributed by atoms with Gasteiger partial charge in [-0.2, -0.15) is 26.3 Å². The standard InChI is InChI=1S/C13H13F6NO5/c1-4(2)25-7-5(8(21)22)6(12(14,15)16)20-9(13(17,18)19)11(7,3)10(23)24/h4,7H,1-3H3,(H,21,22)(H,23,24). The third-order valence-corrected chi connectivity index (χ3v) is 3.38. The average molecular weight is 377 g/mol. The van der Waals surface area contributed by atoms with Crippen LogP contribution in [0.25, 0.3) is 0 Å². The summed E-state index contributed by atoms with van der Waals surface area (Å²) in [6.45, 7) is 2.83. The summed E-state index contributed by atoms with van der Waals surface area (Å²) in [4.78, 5) is 25.1. The van der Waals surface area contributed by atoms with Crippen LogP contribution in [0.2, 0.25) is 0 Å². The first-order chi connectivity index (χ1) is 11.0. The summed E-state index contributed by atoms with van der Waals surface area (Å²) in [5, 5.41) is 18.3. The lowest BCUT2D eigenvalue weighted by atomic mass is 9.73. The highest BCUT2D eigenvalue weighted by atomic mass is 19.4. The number of alkyl halides is 6. The number of halogens is 6. The van der Waals surface area contributed by atoms with Gasteiger partial charge >= 0.3 is 24.3 Å². The van der Waals surface area contributed by atoms with Gasteiger partial charge in [0, 0.05) is 0 Å². The Morgan fingerprint density at radius 1 is 1.12 bits per heavy atom. The highest BCUT2D eigenvalue weighted by molar-refractivity contribution is 6.12. The number of nitrogens with zero attached hydrogens (tertiary/aromatic N) is 1. The van der Waals surface area contributed by atoms with Gasteiger partial charge in [-0.1, -0.05) is 0 Å². The Morgan fingerprint density at radius 3 is 1.88 bits per heavy atom. The molecule has 0 amide bonds. The molecule has 1 heterocycles. The monoisotopic (exact) mass is 377 g/mol. The fraction of sp³-hybridized carbons (Fsp3) is 0.615. The van der Waals surface area contributed by atoms with E-state index in [9.17, 15) is 41.0 Å². The summed E-state index contributed by atoms with van der Waals surface area (Å²) in [5.74, 6) is -4.51. The van der Waals surface area contributed by atoms with Crippen LogP contribution in [-0.2, 0) is 14.3 Å². The van der Waals surface area contributed by atoms with Crippen molar-refractivity contribution in [3.63, 3.8) is 0 Å². The van der Waals surface area contributed by atoms with Crippen LogP contribution >= 0.6 is 0 Å². The number of aliphatic carboxylic acids is 2. The first-order valence-corrected chi connectivity index (χ1v) is 6.64. The molecule has 1 aliphatic heterocycles. The van der Waals surface area contributed by atoms with Gasteiger partial charge in [0.25, 0.3) is 0 Å². The molecular weight excluding hydrogens is 364 g/mol. The number of carboxylic acid groups (broad SMARTS) is 2. The maximum absolute atomic E-state index is 13.2. The Kier molecular flexibility index (Phi) is 5.29. The van der Waals surface area contributed by atoms with E-state index >= 15 is 0 Å². The van der Waals surface area contributed by atoms with E-state index in [-0.39, 0.29) is 0 Å². The van der Waals surface area contributed by atoms with Gasteiger partial charge in [-0.05, 0) is 20.8 Å². The minimum absolute atomic E-state index is 0.421. The van der Waals surface area contributed by atoms with E-state index in [4.69, 9.17) is 9.84 Å². The fourth-order valence-corrected chi connectivity index (χ4v) is 2.30. The first-order valence-electron chi connectivity index (χ1n) is 6.64. The van der Waals surface area contributed by atoms with Crippen LogP contribution < -0.4 is 0 Å². The van der Waals surface area contributed by atoms with Crippen LogP contribution in [0.5, 0.6) is 0 Å². The van der Waals surface area contributed by atoms with E-state index in [1.807, 2.05) is 0 Å². The number of hydrogen-bond acceptors (Lipinski definition) is 4. The average Bonchev–Trinajstić information content (AvgIpc) is 2.36. The van der Waals surface area contributed by atoms with Gasteiger partial charge in [0.1, 0.15) is 17.2 Å². The van der Waals surface area contributed by atoms with Gasteiger partial charge in [0.15, 0.2) is 5.70 Å². The van der Waals surface area contributed by atoms with Crippen molar-refractivity contribution in [3.05, 3.63) is 11.3 Å². The molecule has 2 unspecified atom stereocenters. The summed E-state index contributed by atoms with van der Waals surface area (Å²) in [6.07, 6.45) is -14.8. The van der Waals surface area contributed by atoms with E-state index < -0.39 is 58.9 Å². The molecule has 2 atom stereocenters. The molecule has 1 aliphatic rings. The van der Waals surface area contributed by atoms with Gasteiger partial charge in [0.2, 0.25) is 0 Å². The third-order valence-electron chi connectivity index (χ3n) is 3.38. The molecule has 0 bridgehead atoms. The molecule has 0 spiro atoms. The van der Waals surface area contributed by atoms with Crippen molar-refractivity contribution < 1.29 is 50.9 Å². The number of hydrogen-bond donors (Lipinski definition) is 2. The van der Waals surface area contributed by atoms with Crippen LogP contribution in [0, 0.1) is 5.41 Å². The van der Waals surface area contributed by atoms with Crippen molar-refractivity contribution in [3.8, 4) is 0 Å². The molecule has 6 nitrogen and oxygen atoms in total. The highest BCUT2D eigenvalue weighted by Gasteiger charge is 2.63. The minimum Gasteiger partial charge on any atom is -0.480 e. The van der Waals surface area contributed by atoms with E-state index in [1.54, 1.807) is 0 Å². The lowest BCUT2D eigenvalue weighted by Gasteiger charge is -2.40. The van der Waals surface area contributed by atoms with Crippen molar-refractivity contribution in [2.75, 3.05) is 0 Å². The highest BCUT2D eigenvalue weighted by Crippen LogP contribution is 2.46. The maximum Gasteiger partial charge on any atom is 0.433 e. The zero-order valence-corrected chi connectivity index (χ0v) is 13.0. The largest absolute Gasteiger partial charge is 0.480 e. The van der Waals surface area contributed by atoms with E-state index in [0.717, 1.165) is 0 Å². The van der Waals surface area contributed by atoms with Crippen LogP contribution in [0.1, 0.15) is 20.8 Å². The van der Waals surface area contributed by atoms with Crippen LogP contribution in [0.4, 0.5) is 26.3 Å². The van der Waals surface area contributed by atoms with Gasteiger partial charge in [0.05, 0.1) is 11.7 Å².